The number of nitriles is 1. The van der Waals surface area contributed by atoms with Crippen LogP contribution in [0.2, 0.25) is 0 Å². The van der Waals surface area contributed by atoms with E-state index in [0.29, 0.717) is 16.8 Å². The number of nitrogens with two attached hydrogens (primary N) is 1. The van der Waals surface area contributed by atoms with Gasteiger partial charge in [0, 0.05) is 5.69 Å². The van der Waals surface area contributed by atoms with Gasteiger partial charge >= 0.3 is 0 Å². The Balaban J connectivity index is 2.97. The molecule has 0 aromatic heterocycles. The van der Waals surface area contributed by atoms with E-state index >= 15 is 0 Å². The molecule has 0 heterocycles. The second kappa shape index (κ2) is 4.03. The first-order valence-electron chi connectivity index (χ1n) is 3.49. The number of anilines is 1. The summed E-state index contributed by atoms with van der Waals surface area (Å²) < 4.78 is 19.0. The number of nitrogen functional groups attached to an aromatic ring is 1. The van der Waals surface area contributed by atoms with Crippen molar-refractivity contribution in [1.82, 2.24) is 0 Å². The van der Waals surface area contributed by atoms with Crippen molar-refractivity contribution in [2.24, 2.45) is 0 Å². The lowest BCUT2D eigenvalue weighted by Crippen LogP contribution is -1.96. The molecule has 0 saturated heterocycles. The van der Waals surface area contributed by atoms with Crippen molar-refractivity contribution in [3.63, 3.8) is 0 Å². The Morgan fingerprint density at radius 1 is 1.62 bits per heavy atom. The third-order valence-electron chi connectivity index (χ3n) is 1.53. The molecule has 0 aliphatic rings. The van der Waals surface area contributed by atoms with Gasteiger partial charge in [0.2, 0.25) is 0 Å². The van der Waals surface area contributed by atoms with Crippen molar-refractivity contribution in [2.75, 3.05) is 5.73 Å². The van der Waals surface area contributed by atoms with E-state index in [0.717, 1.165) is 0 Å². The summed E-state index contributed by atoms with van der Waals surface area (Å²) in [6, 6.07) is 6.60. The summed E-state index contributed by atoms with van der Waals surface area (Å²) in [6.45, 7) is 0. The van der Waals surface area contributed by atoms with E-state index in [1.54, 1.807) is 6.07 Å². The van der Waals surface area contributed by atoms with E-state index in [-0.39, 0.29) is 5.75 Å². The largest absolute Gasteiger partial charge is 0.398 e. The maximum Gasteiger partial charge on any atom is 0.157 e. The summed E-state index contributed by atoms with van der Waals surface area (Å²) in [7, 11) is 0. The van der Waals surface area contributed by atoms with Crippen LogP contribution in [0.25, 0.3) is 0 Å². The van der Waals surface area contributed by atoms with E-state index in [1.807, 2.05) is 6.07 Å². The van der Waals surface area contributed by atoms with Crippen molar-refractivity contribution in [3.05, 3.63) is 29.3 Å². The molecule has 0 fully saturated rings. The first-order valence-corrected chi connectivity index (χ1v) is 4.77. The molecule has 0 radical (unpaired) electrons. The van der Waals surface area contributed by atoms with Crippen molar-refractivity contribution in [3.8, 4) is 6.07 Å². The standard InChI is InChI=1S/C8H8N2O2S/c9-4-7-2-1-6(3-8(7)10)5-13(11)12/h1-3H,5,10H2,(H,11,12). The van der Waals surface area contributed by atoms with Crippen molar-refractivity contribution < 1.29 is 8.76 Å². The fourth-order valence-corrected chi connectivity index (χ4v) is 1.41. The van der Waals surface area contributed by atoms with Gasteiger partial charge in [-0.05, 0) is 17.7 Å². The summed E-state index contributed by atoms with van der Waals surface area (Å²) in [5, 5.41) is 8.55. The van der Waals surface area contributed by atoms with Crippen LogP contribution in [-0.4, -0.2) is 8.76 Å². The highest BCUT2D eigenvalue weighted by Crippen LogP contribution is 2.13. The van der Waals surface area contributed by atoms with Gasteiger partial charge < -0.3 is 10.3 Å². The lowest BCUT2D eigenvalue weighted by Gasteiger charge is -2.00. The Bertz CT molecular complexity index is 384. The Hall–Kier alpha value is -1.38. The minimum Gasteiger partial charge on any atom is -0.398 e. The monoisotopic (exact) mass is 196 g/mol. The Morgan fingerprint density at radius 2 is 2.31 bits per heavy atom. The molecule has 1 aromatic rings. The average Bonchev–Trinajstić information content (AvgIpc) is 2.03. The summed E-state index contributed by atoms with van der Waals surface area (Å²) in [4.78, 5) is 0. The first kappa shape index (κ1) is 9.71. The highest BCUT2D eigenvalue weighted by Gasteiger charge is 2.01. The molecule has 0 amide bonds. The van der Waals surface area contributed by atoms with Crippen LogP contribution in [0.1, 0.15) is 11.1 Å². The average molecular weight is 196 g/mol. The Labute approximate surface area is 78.3 Å². The van der Waals surface area contributed by atoms with Crippen LogP contribution in [0.15, 0.2) is 18.2 Å². The van der Waals surface area contributed by atoms with Gasteiger partial charge in [-0.3, -0.25) is 0 Å². The minimum atomic E-state index is -1.87. The number of nitrogens with zero attached hydrogens (tertiary/aromatic N) is 1. The molecule has 0 saturated carbocycles. The van der Waals surface area contributed by atoms with Gasteiger partial charge in [0.1, 0.15) is 6.07 Å². The lowest BCUT2D eigenvalue weighted by molar-refractivity contribution is 0.563. The quantitative estimate of drug-likeness (QED) is 0.542. The topological polar surface area (TPSA) is 87.1 Å². The summed E-state index contributed by atoms with van der Waals surface area (Å²) in [5.74, 6) is 0.0376. The second-order valence-corrected chi connectivity index (χ2v) is 3.43. The summed E-state index contributed by atoms with van der Waals surface area (Å²) in [5.41, 5.74) is 6.88. The molecule has 0 aliphatic carbocycles. The third-order valence-corrected chi connectivity index (χ3v) is 2.11. The maximum atomic E-state index is 10.4. The molecule has 68 valence electrons. The van der Waals surface area contributed by atoms with Gasteiger partial charge in [-0.15, -0.1) is 0 Å². The molecule has 0 bridgehead atoms. The van der Waals surface area contributed by atoms with Crippen LogP contribution in [0.3, 0.4) is 0 Å². The Morgan fingerprint density at radius 3 is 2.77 bits per heavy atom. The minimum absolute atomic E-state index is 0.0376. The molecule has 0 aliphatic heterocycles. The molecule has 1 rings (SSSR count). The van der Waals surface area contributed by atoms with Crippen molar-refractivity contribution in [1.29, 1.82) is 5.26 Å². The van der Waals surface area contributed by atoms with Crippen LogP contribution in [0.5, 0.6) is 0 Å². The van der Waals surface area contributed by atoms with Crippen molar-refractivity contribution >= 4 is 16.8 Å². The fraction of sp³-hybridized carbons (Fsp3) is 0.125. The smallest absolute Gasteiger partial charge is 0.157 e. The predicted molar refractivity (Wildman–Crippen MR) is 50.0 cm³/mol. The van der Waals surface area contributed by atoms with Crippen LogP contribution in [0, 0.1) is 11.3 Å². The van der Waals surface area contributed by atoms with Crippen LogP contribution in [-0.2, 0) is 16.8 Å². The van der Waals surface area contributed by atoms with E-state index < -0.39 is 11.1 Å². The fourth-order valence-electron chi connectivity index (χ4n) is 0.946. The van der Waals surface area contributed by atoms with Crippen LogP contribution < -0.4 is 5.73 Å². The van der Waals surface area contributed by atoms with E-state index in [9.17, 15) is 4.21 Å². The Kier molecular flexibility index (Phi) is 3.01. The number of benzene rings is 1. The summed E-state index contributed by atoms with van der Waals surface area (Å²) >= 11 is -1.87. The third kappa shape index (κ3) is 2.54. The highest BCUT2D eigenvalue weighted by atomic mass is 32.2. The zero-order valence-corrected chi connectivity index (χ0v) is 7.54. The molecular weight excluding hydrogens is 188 g/mol. The van der Waals surface area contributed by atoms with Crippen LogP contribution in [0.4, 0.5) is 5.69 Å². The van der Waals surface area contributed by atoms with E-state index in [2.05, 4.69) is 0 Å². The predicted octanol–water partition coefficient (Wildman–Crippen LogP) is 0.862. The highest BCUT2D eigenvalue weighted by molar-refractivity contribution is 7.78. The molecule has 3 N–H and O–H groups in total. The van der Waals surface area contributed by atoms with Crippen LogP contribution >= 0.6 is 0 Å². The van der Waals surface area contributed by atoms with E-state index in [4.69, 9.17) is 15.5 Å². The lowest BCUT2D eigenvalue weighted by atomic mass is 10.1. The first-order chi connectivity index (χ1) is 6.13. The molecule has 0 spiro atoms. The van der Waals surface area contributed by atoms with Gasteiger partial charge in [0.15, 0.2) is 11.1 Å². The molecule has 1 aromatic carbocycles. The molecular formula is C8H8N2O2S. The van der Waals surface area contributed by atoms with Gasteiger partial charge in [-0.25, -0.2) is 4.21 Å². The summed E-state index contributed by atoms with van der Waals surface area (Å²) in [6.07, 6.45) is 0. The molecule has 1 unspecified atom stereocenters. The molecule has 5 heteroatoms. The van der Waals surface area contributed by atoms with Gasteiger partial charge in [0.05, 0.1) is 11.3 Å². The van der Waals surface area contributed by atoms with Gasteiger partial charge in [-0.2, -0.15) is 5.26 Å². The number of rotatable bonds is 2. The normalized spacial score (nSPS) is 12.0. The number of hydrogen-bond donors (Lipinski definition) is 2. The molecule has 4 nitrogen and oxygen atoms in total. The molecule has 13 heavy (non-hydrogen) atoms. The zero-order chi connectivity index (χ0) is 9.84. The number of hydrogen-bond acceptors (Lipinski definition) is 3. The van der Waals surface area contributed by atoms with Gasteiger partial charge in [-0.1, -0.05) is 6.07 Å². The zero-order valence-electron chi connectivity index (χ0n) is 6.73. The molecule has 1 atom stereocenters. The van der Waals surface area contributed by atoms with Gasteiger partial charge in [0.25, 0.3) is 0 Å². The maximum absolute atomic E-state index is 10.4. The SMILES string of the molecule is N#Cc1ccc(CS(=O)O)cc1N. The van der Waals surface area contributed by atoms with Crippen molar-refractivity contribution in [2.45, 2.75) is 5.75 Å². The second-order valence-electron chi connectivity index (χ2n) is 2.50. The van der Waals surface area contributed by atoms with E-state index in [1.165, 1.54) is 12.1 Å².